The Morgan fingerprint density at radius 1 is 1.07 bits per heavy atom. The molecular weight excluding hydrogens is 235 g/mol. The predicted molar refractivity (Wildman–Crippen MR) is 63.6 cm³/mol. The summed E-state index contributed by atoms with van der Waals surface area (Å²) in [5.74, 6) is 1.20. The Labute approximate surface area is 100 Å². The second-order valence-electron chi connectivity index (χ2n) is 3.14. The van der Waals surface area contributed by atoms with Crippen molar-refractivity contribution in [2.24, 2.45) is 0 Å². The molecule has 0 aliphatic carbocycles. The molecule has 0 saturated carbocycles. The topological polar surface area (TPSA) is 18.5 Å². The molecule has 1 rings (SSSR count). The van der Waals surface area contributed by atoms with Crippen LogP contribution in [-0.4, -0.2) is 14.2 Å². The summed E-state index contributed by atoms with van der Waals surface area (Å²) in [6.45, 7) is 2.07. The molecule has 0 fully saturated rings. The van der Waals surface area contributed by atoms with Gasteiger partial charge in [-0.2, -0.15) is 0 Å². The van der Waals surface area contributed by atoms with Gasteiger partial charge in [0, 0.05) is 6.07 Å². The first-order chi connectivity index (χ1) is 7.15. The van der Waals surface area contributed by atoms with E-state index >= 15 is 0 Å². The zero-order chi connectivity index (χ0) is 11.4. The van der Waals surface area contributed by atoms with Gasteiger partial charge >= 0.3 is 0 Å². The Morgan fingerprint density at radius 3 is 1.87 bits per heavy atom. The lowest BCUT2D eigenvalue weighted by Gasteiger charge is -2.13. The Bertz CT molecular complexity index is 323. The number of hydrogen-bond donors (Lipinski definition) is 0. The second kappa shape index (κ2) is 5.47. The molecule has 1 aromatic carbocycles. The van der Waals surface area contributed by atoms with Crippen molar-refractivity contribution in [3.8, 4) is 11.5 Å². The van der Waals surface area contributed by atoms with Crippen LogP contribution in [0.5, 0.6) is 11.5 Å². The van der Waals surface area contributed by atoms with Crippen LogP contribution in [0.3, 0.4) is 0 Å². The lowest BCUT2D eigenvalue weighted by Crippen LogP contribution is -1.95. The fourth-order valence-corrected chi connectivity index (χ4v) is 2.10. The fourth-order valence-electron chi connectivity index (χ4n) is 1.41. The lowest BCUT2D eigenvalue weighted by atomic mass is 10.1. The number of rotatable bonds is 4. The minimum atomic E-state index is 0.574. The quantitative estimate of drug-likeness (QED) is 0.803. The van der Waals surface area contributed by atoms with E-state index in [1.807, 2.05) is 0 Å². The third-order valence-electron chi connectivity index (χ3n) is 2.16. The second-order valence-corrected chi connectivity index (χ2v) is 3.89. The van der Waals surface area contributed by atoms with Gasteiger partial charge in [0.2, 0.25) is 0 Å². The molecule has 0 N–H and O–H groups in total. The molecule has 0 bridgehead atoms. The van der Waals surface area contributed by atoms with Crippen LogP contribution in [0.2, 0.25) is 10.0 Å². The molecule has 0 saturated heterocycles. The number of halogens is 2. The van der Waals surface area contributed by atoms with E-state index in [-0.39, 0.29) is 0 Å². The number of hydrogen-bond acceptors (Lipinski definition) is 2. The predicted octanol–water partition coefficient (Wildman–Crippen LogP) is 3.96. The Balaban J connectivity index is 3.32. The smallest absolute Gasteiger partial charge is 0.141 e. The molecule has 15 heavy (non-hydrogen) atoms. The maximum Gasteiger partial charge on any atom is 0.141 e. The van der Waals surface area contributed by atoms with Gasteiger partial charge in [0.05, 0.1) is 24.3 Å². The molecule has 1 aromatic rings. The molecule has 0 spiro atoms. The monoisotopic (exact) mass is 248 g/mol. The van der Waals surface area contributed by atoms with E-state index in [0.717, 1.165) is 18.4 Å². The van der Waals surface area contributed by atoms with Crippen molar-refractivity contribution >= 4 is 23.2 Å². The van der Waals surface area contributed by atoms with E-state index in [1.54, 1.807) is 20.3 Å². The van der Waals surface area contributed by atoms with Gasteiger partial charge in [0.15, 0.2) is 0 Å². The third-order valence-corrected chi connectivity index (χ3v) is 2.99. The molecule has 2 nitrogen and oxygen atoms in total. The molecule has 84 valence electrons. The standard InChI is InChI=1S/C11H14Cl2O2/c1-4-5-7-10(12)8(14-2)6-9(15-3)11(7)13/h6H,4-5H2,1-3H3. The van der Waals surface area contributed by atoms with E-state index in [0.29, 0.717) is 21.5 Å². The van der Waals surface area contributed by atoms with Crippen LogP contribution in [0, 0.1) is 0 Å². The summed E-state index contributed by atoms with van der Waals surface area (Å²) in [6, 6.07) is 1.70. The highest BCUT2D eigenvalue weighted by Crippen LogP contribution is 2.40. The van der Waals surface area contributed by atoms with Gasteiger partial charge in [-0.05, 0) is 12.0 Å². The van der Waals surface area contributed by atoms with E-state index in [9.17, 15) is 0 Å². The van der Waals surface area contributed by atoms with E-state index in [1.165, 1.54) is 0 Å². The molecule has 0 unspecified atom stereocenters. The highest BCUT2D eigenvalue weighted by Gasteiger charge is 2.15. The summed E-state index contributed by atoms with van der Waals surface area (Å²) in [6.07, 6.45) is 1.78. The molecule has 4 heteroatoms. The summed E-state index contributed by atoms with van der Waals surface area (Å²) in [5.41, 5.74) is 0.886. The van der Waals surface area contributed by atoms with Crippen LogP contribution >= 0.6 is 23.2 Å². The molecule has 0 amide bonds. The zero-order valence-electron chi connectivity index (χ0n) is 9.06. The van der Waals surface area contributed by atoms with Crippen molar-refractivity contribution in [2.75, 3.05) is 14.2 Å². The van der Waals surface area contributed by atoms with Crippen LogP contribution in [-0.2, 0) is 6.42 Å². The van der Waals surface area contributed by atoms with Crippen molar-refractivity contribution in [3.63, 3.8) is 0 Å². The summed E-state index contributed by atoms with van der Waals surface area (Å²) in [7, 11) is 3.15. The van der Waals surface area contributed by atoms with Crippen molar-refractivity contribution in [1.29, 1.82) is 0 Å². The summed E-state index contributed by atoms with van der Waals surface area (Å²) in [5, 5.41) is 1.15. The molecule has 0 heterocycles. The van der Waals surface area contributed by atoms with Crippen molar-refractivity contribution < 1.29 is 9.47 Å². The minimum Gasteiger partial charge on any atom is -0.495 e. The van der Waals surface area contributed by atoms with E-state index < -0.39 is 0 Å². The van der Waals surface area contributed by atoms with E-state index in [2.05, 4.69) is 6.92 Å². The van der Waals surface area contributed by atoms with Crippen LogP contribution in [0.4, 0.5) is 0 Å². The van der Waals surface area contributed by atoms with E-state index in [4.69, 9.17) is 32.7 Å². The fraction of sp³-hybridized carbons (Fsp3) is 0.455. The first kappa shape index (κ1) is 12.5. The molecule has 0 aromatic heterocycles. The minimum absolute atomic E-state index is 0.574. The zero-order valence-corrected chi connectivity index (χ0v) is 10.6. The van der Waals surface area contributed by atoms with Crippen molar-refractivity contribution in [2.45, 2.75) is 19.8 Å². The van der Waals surface area contributed by atoms with Crippen molar-refractivity contribution in [1.82, 2.24) is 0 Å². The van der Waals surface area contributed by atoms with Gasteiger partial charge in [-0.1, -0.05) is 36.5 Å². The maximum atomic E-state index is 6.16. The molecular formula is C11H14Cl2O2. The van der Waals surface area contributed by atoms with Gasteiger partial charge < -0.3 is 9.47 Å². The van der Waals surface area contributed by atoms with Crippen LogP contribution in [0.1, 0.15) is 18.9 Å². The highest BCUT2D eigenvalue weighted by atomic mass is 35.5. The molecule has 0 aliphatic heterocycles. The van der Waals surface area contributed by atoms with Gasteiger partial charge in [-0.25, -0.2) is 0 Å². The molecule has 0 aliphatic rings. The molecule has 0 atom stereocenters. The summed E-state index contributed by atoms with van der Waals surface area (Å²) >= 11 is 12.3. The van der Waals surface area contributed by atoms with Crippen LogP contribution < -0.4 is 9.47 Å². The highest BCUT2D eigenvalue weighted by molar-refractivity contribution is 6.37. The SMILES string of the molecule is CCCc1c(Cl)c(OC)cc(OC)c1Cl. The first-order valence-corrected chi connectivity index (χ1v) is 5.50. The number of ether oxygens (including phenoxy) is 2. The third kappa shape index (κ3) is 2.50. The normalized spacial score (nSPS) is 10.2. The number of benzene rings is 1. The maximum absolute atomic E-state index is 6.16. The number of methoxy groups -OCH3 is 2. The Morgan fingerprint density at radius 2 is 1.53 bits per heavy atom. The molecule has 0 radical (unpaired) electrons. The van der Waals surface area contributed by atoms with Gasteiger partial charge in [0.1, 0.15) is 11.5 Å². The first-order valence-electron chi connectivity index (χ1n) is 4.74. The Kier molecular flexibility index (Phi) is 4.55. The summed E-state index contributed by atoms with van der Waals surface area (Å²) < 4.78 is 10.3. The van der Waals surface area contributed by atoms with Gasteiger partial charge in [-0.15, -0.1) is 0 Å². The largest absolute Gasteiger partial charge is 0.495 e. The average molecular weight is 249 g/mol. The summed E-state index contributed by atoms with van der Waals surface area (Å²) in [4.78, 5) is 0. The average Bonchev–Trinajstić information content (AvgIpc) is 2.25. The lowest BCUT2D eigenvalue weighted by molar-refractivity contribution is 0.393. The van der Waals surface area contributed by atoms with Crippen molar-refractivity contribution in [3.05, 3.63) is 21.7 Å². The van der Waals surface area contributed by atoms with Crippen LogP contribution in [0.15, 0.2) is 6.07 Å². The van der Waals surface area contributed by atoms with Crippen LogP contribution in [0.25, 0.3) is 0 Å². The Hall–Kier alpha value is -0.600. The van der Waals surface area contributed by atoms with Gasteiger partial charge in [0.25, 0.3) is 0 Å². The van der Waals surface area contributed by atoms with Gasteiger partial charge in [-0.3, -0.25) is 0 Å².